The zero-order valence-electron chi connectivity index (χ0n) is 14.6. The summed E-state index contributed by atoms with van der Waals surface area (Å²) in [4.78, 5) is 24.5. The fourth-order valence-corrected chi connectivity index (χ4v) is 2.60. The fraction of sp³-hybridized carbons (Fsp3) is 0.143. The summed E-state index contributed by atoms with van der Waals surface area (Å²) >= 11 is 0. The summed E-state index contributed by atoms with van der Waals surface area (Å²) < 4.78 is 20.8. The van der Waals surface area contributed by atoms with Gasteiger partial charge in [-0.25, -0.2) is 4.39 Å². The number of aromatic nitrogens is 1. The molecule has 134 valence electrons. The van der Waals surface area contributed by atoms with Crippen molar-refractivity contribution in [3.8, 4) is 5.75 Å². The Morgan fingerprint density at radius 3 is 2.48 bits per heavy atom. The van der Waals surface area contributed by atoms with Gasteiger partial charge in [-0.15, -0.1) is 0 Å². The first-order chi connectivity index (χ1) is 13.1. The van der Waals surface area contributed by atoms with Crippen LogP contribution in [-0.4, -0.2) is 18.2 Å². The maximum absolute atomic E-state index is 14.0. The van der Waals surface area contributed by atoms with Crippen LogP contribution < -0.4 is 10.3 Å². The summed E-state index contributed by atoms with van der Waals surface area (Å²) in [5, 5.41) is 0. The molecule has 0 atom stereocenters. The first-order valence-electron chi connectivity index (χ1n) is 8.46. The van der Waals surface area contributed by atoms with E-state index in [-0.39, 0.29) is 18.4 Å². The third-order valence-electron chi connectivity index (χ3n) is 4.10. The van der Waals surface area contributed by atoms with Crippen molar-refractivity contribution in [3.05, 3.63) is 99.7 Å². The van der Waals surface area contributed by atoms with Crippen LogP contribution in [0.2, 0.25) is 0 Å². The predicted molar refractivity (Wildman–Crippen MR) is 102 cm³/mol. The molecular weight excluding hydrogens is 344 g/mol. The van der Waals surface area contributed by atoms with Crippen LogP contribution in [0.3, 0.4) is 0 Å². The van der Waals surface area contributed by atoms with Crippen LogP contribution in [0.25, 0.3) is 0 Å². The van der Waals surface area contributed by atoms with Gasteiger partial charge < -0.3 is 9.30 Å². The Balaban J connectivity index is 1.69. The molecule has 0 amide bonds. The van der Waals surface area contributed by atoms with Crippen LogP contribution in [0.5, 0.6) is 5.75 Å². The van der Waals surface area contributed by atoms with Gasteiger partial charge in [0.15, 0.2) is 5.78 Å². The number of pyridine rings is 1. The molecule has 0 aliphatic heterocycles. The highest BCUT2D eigenvalue weighted by Crippen LogP contribution is 2.13. The van der Waals surface area contributed by atoms with Gasteiger partial charge in [0, 0.05) is 12.3 Å². The van der Waals surface area contributed by atoms with Crippen molar-refractivity contribution in [3.63, 3.8) is 0 Å². The second-order valence-corrected chi connectivity index (χ2v) is 6.04. The van der Waals surface area contributed by atoms with E-state index in [1.54, 1.807) is 12.1 Å². The molecule has 0 unspecified atom stereocenters. The Hall–Kier alpha value is -3.15. The summed E-state index contributed by atoms with van der Waals surface area (Å²) in [5.41, 5.74) is 1.12. The number of hydrogen-bond acceptors (Lipinski definition) is 3. The molecular formula is C21H17BFNO3. The van der Waals surface area contributed by atoms with E-state index in [2.05, 4.69) is 0 Å². The Kier molecular flexibility index (Phi) is 5.86. The average Bonchev–Trinajstić information content (AvgIpc) is 2.68. The van der Waals surface area contributed by atoms with Crippen LogP contribution in [0, 0.1) is 5.82 Å². The molecule has 0 N–H and O–H groups in total. The molecule has 1 aromatic heterocycles. The lowest BCUT2D eigenvalue weighted by molar-refractivity contribution is 0.0966. The van der Waals surface area contributed by atoms with E-state index in [1.165, 1.54) is 29.0 Å². The van der Waals surface area contributed by atoms with Crippen LogP contribution in [0.4, 0.5) is 4.39 Å². The predicted octanol–water partition coefficient (Wildman–Crippen LogP) is 3.12. The zero-order chi connectivity index (χ0) is 19.2. The maximum Gasteiger partial charge on any atom is 0.254 e. The van der Waals surface area contributed by atoms with Crippen LogP contribution in [0.15, 0.2) is 71.7 Å². The summed E-state index contributed by atoms with van der Waals surface area (Å²) in [6.07, 6.45) is 1.65. The molecule has 2 radical (unpaired) electrons. The Morgan fingerprint density at radius 1 is 1.04 bits per heavy atom. The van der Waals surface area contributed by atoms with E-state index >= 15 is 0 Å². The third kappa shape index (κ3) is 4.73. The van der Waals surface area contributed by atoms with Gasteiger partial charge in [-0.05, 0) is 23.8 Å². The van der Waals surface area contributed by atoms with Crippen LogP contribution >= 0.6 is 0 Å². The number of rotatable bonds is 7. The van der Waals surface area contributed by atoms with Gasteiger partial charge in [-0.1, -0.05) is 48.3 Å². The van der Waals surface area contributed by atoms with Crippen LogP contribution in [0.1, 0.15) is 21.5 Å². The molecule has 0 aliphatic rings. The van der Waals surface area contributed by atoms with E-state index in [1.807, 2.05) is 30.3 Å². The van der Waals surface area contributed by atoms with Crippen molar-refractivity contribution in [2.75, 3.05) is 0 Å². The molecule has 3 aromatic rings. The van der Waals surface area contributed by atoms with Gasteiger partial charge in [0.05, 0.1) is 20.0 Å². The molecule has 0 aliphatic carbocycles. The highest BCUT2D eigenvalue weighted by molar-refractivity contribution is 6.08. The summed E-state index contributed by atoms with van der Waals surface area (Å²) in [5.74, 6) is -0.721. The van der Waals surface area contributed by atoms with E-state index in [9.17, 15) is 14.0 Å². The summed E-state index contributed by atoms with van der Waals surface area (Å²) in [6, 6.07) is 16.7. The molecule has 3 rings (SSSR count). The Bertz CT molecular complexity index is 1000. The number of carbonyl (C=O) groups is 1. The lowest BCUT2D eigenvalue weighted by Crippen LogP contribution is -2.23. The Labute approximate surface area is 157 Å². The number of hydrogen-bond donors (Lipinski definition) is 0. The van der Waals surface area contributed by atoms with Crippen molar-refractivity contribution in [1.82, 2.24) is 4.57 Å². The summed E-state index contributed by atoms with van der Waals surface area (Å²) in [7, 11) is 5.46. The minimum atomic E-state index is -0.640. The minimum Gasteiger partial charge on any atom is -0.489 e. The van der Waals surface area contributed by atoms with Gasteiger partial charge in [-0.2, -0.15) is 0 Å². The molecule has 0 saturated heterocycles. The first-order valence-corrected chi connectivity index (χ1v) is 8.46. The van der Waals surface area contributed by atoms with Gasteiger partial charge in [-0.3, -0.25) is 9.59 Å². The topological polar surface area (TPSA) is 48.3 Å². The maximum atomic E-state index is 14.0. The molecule has 4 nitrogen and oxygen atoms in total. The van der Waals surface area contributed by atoms with Crippen molar-refractivity contribution >= 4 is 13.6 Å². The highest BCUT2D eigenvalue weighted by atomic mass is 19.1. The van der Waals surface area contributed by atoms with E-state index in [0.29, 0.717) is 17.9 Å². The molecule has 1 heterocycles. The van der Waals surface area contributed by atoms with Crippen molar-refractivity contribution in [2.24, 2.45) is 0 Å². The SMILES string of the molecule is [B]Cc1ccc(C(=O)Cn2ccc(OCc3ccccc3)cc2=O)c(F)c1. The molecule has 6 heteroatoms. The van der Waals surface area contributed by atoms with Gasteiger partial charge >= 0.3 is 0 Å². The molecule has 0 spiro atoms. The van der Waals surface area contributed by atoms with Crippen molar-refractivity contribution < 1.29 is 13.9 Å². The van der Waals surface area contributed by atoms with Gasteiger partial charge in [0.2, 0.25) is 0 Å². The monoisotopic (exact) mass is 361 g/mol. The van der Waals surface area contributed by atoms with Gasteiger partial charge in [0.25, 0.3) is 5.56 Å². The average molecular weight is 361 g/mol. The smallest absolute Gasteiger partial charge is 0.254 e. The van der Waals surface area contributed by atoms with Gasteiger partial charge in [0.1, 0.15) is 18.2 Å². The third-order valence-corrected chi connectivity index (χ3v) is 4.10. The standard InChI is InChI=1S/C21H17BFNO3/c22-12-16-6-7-18(19(23)10-16)20(25)13-24-9-8-17(11-21(24)26)27-14-15-4-2-1-3-5-15/h1-11H,12-14H2. The highest BCUT2D eigenvalue weighted by Gasteiger charge is 2.13. The van der Waals surface area contributed by atoms with E-state index in [0.717, 1.165) is 5.56 Å². The Morgan fingerprint density at radius 2 is 1.81 bits per heavy atom. The van der Waals surface area contributed by atoms with E-state index in [4.69, 9.17) is 12.6 Å². The van der Waals surface area contributed by atoms with Crippen molar-refractivity contribution in [2.45, 2.75) is 19.5 Å². The normalized spacial score (nSPS) is 10.6. The number of halogens is 1. The first kappa shape index (κ1) is 18.6. The van der Waals surface area contributed by atoms with Crippen molar-refractivity contribution in [1.29, 1.82) is 0 Å². The number of Topliss-reactive ketones (excluding diaryl/α,β-unsaturated/α-hetero) is 1. The molecule has 0 fully saturated rings. The molecule has 0 saturated carbocycles. The lowest BCUT2D eigenvalue weighted by Gasteiger charge is -2.09. The second-order valence-electron chi connectivity index (χ2n) is 6.04. The second kappa shape index (κ2) is 8.49. The molecule has 2 aromatic carbocycles. The van der Waals surface area contributed by atoms with E-state index < -0.39 is 17.2 Å². The number of ether oxygens (including phenoxy) is 1. The van der Waals surface area contributed by atoms with Crippen LogP contribution in [-0.2, 0) is 19.5 Å². The largest absolute Gasteiger partial charge is 0.489 e. The lowest BCUT2D eigenvalue weighted by atomic mass is 9.95. The number of ketones is 1. The number of carbonyl (C=O) groups excluding carboxylic acids is 1. The number of benzene rings is 2. The quantitative estimate of drug-likeness (QED) is 0.480. The summed E-state index contributed by atoms with van der Waals surface area (Å²) in [6.45, 7) is 0.0820. The molecule has 0 bridgehead atoms. The zero-order valence-corrected chi connectivity index (χ0v) is 14.6. The number of nitrogens with zero attached hydrogens (tertiary/aromatic N) is 1. The minimum absolute atomic E-state index is 0.0662. The molecule has 27 heavy (non-hydrogen) atoms. The fourth-order valence-electron chi connectivity index (χ4n) is 2.60.